The summed E-state index contributed by atoms with van der Waals surface area (Å²) in [7, 11) is 0. The van der Waals surface area contributed by atoms with Crippen LogP contribution in [0.25, 0.3) is 0 Å². The number of aromatic nitrogens is 2. The van der Waals surface area contributed by atoms with Gasteiger partial charge in [0.25, 0.3) is 0 Å². The van der Waals surface area contributed by atoms with Gasteiger partial charge in [-0.1, -0.05) is 44.7 Å². The van der Waals surface area contributed by atoms with Crippen molar-refractivity contribution in [2.75, 3.05) is 0 Å². The van der Waals surface area contributed by atoms with Crippen LogP contribution in [0.2, 0.25) is 0 Å². The molecule has 4 nitrogen and oxygen atoms in total. The SMILES string of the molecule is CCCC(O)Cc1nc(C2CCCC(CC)C2)no1. The number of hydrogen-bond donors (Lipinski definition) is 1. The van der Waals surface area contributed by atoms with Gasteiger partial charge in [-0.15, -0.1) is 0 Å². The Labute approximate surface area is 115 Å². The Kier molecular flexibility index (Phi) is 5.37. The summed E-state index contributed by atoms with van der Waals surface area (Å²) in [5.41, 5.74) is 0. The minimum absolute atomic E-state index is 0.354. The van der Waals surface area contributed by atoms with Crippen molar-refractivity contribution < 1.29 is 9.63 Å². The van der Waals surface area contributed by atoms with Crippen molar-refractivity contribution in [3.63, 3.8) is 0 Å². The van der Waals surface area contributed by atoms with Crippen LogP contribution in [0.15, 0.2) is 4.52 Å². The minimum atomic E-state index is -0.354. The van der Waals surface area contributed by atoms with E-state index in [4.69, 9.17) is 4.52 Å². The molecule has 4 heteroatoms. The molecule has 3 unspecified atom stereocenters. The fourth-order valence-electron chi connectivity index (χ4n) is 3.05. The fraction of sp³-hybridized carbons (Fsp3) is 0.867. The lowest BCUT2D eigenvalue weighted by atomic mass is 9.80. The summed E-state index contributed by atoms with van der Waals surface area (Å²) in [6.07, 6.45) is 8.12. The minimum Gasteiger partial charge on any atom is -0.393 e. The second kappa shape index (κ2) is 7.04. The van der Waals surface area contributed by atoms with Crippen molar-refractivity contribution in [1.29, 1.82) is 0 Å². The maximum Gasteiger partial charge on any atom is 0.229 e. The van der Waals surface area contributed by atoms with E-state index in [0.29, 0.717) is 18.2 Å². The molecule has 1 saturated carbocycles. The first-order valence-electron chi connectivity index (χ1n) is 7.73. The maximum absolute atomic E-state index is 9.77. The zero-order valence-corrected chi connectivity index (χ0v) is 12.1. The van der Waals surface area contributed by atoms with Crippen LogP contribution in [0.5, 0.6) is 0 Å². The molecule has 1 aromatic heterocycles. The average molecular weight is 266 g/mol. The predicted octanol–water partition coefficient (Wildman–Crippen LogP) is 3.46. The highest BCUT2D eigenvalue weighted by Gasteiger charge is 2.26. The highest BCUT2D eigenvalue weighted by Crippen LogP contribution is 2.36. The summed E-state index contributed by atoms with van der Waals surface area (Å²) in [5.74, 6) is 2.72. The fourth-order valence-corrected chi connectivity index (χ4v) is 3.05. The molecule has 1 aliphatic carbocycles. The van der Waals surface area contributed by atoms with Gasteiger partial charge in [-0.3, -0.25) is 0 Å². The van der Waals surface area contributed by atoms with E-state index in [2.05, 4.69) is 24.0 Å². The van der Waals surface area contributed by atoms with E-state index in [1.54, 1.807) is 0 Å². The number of hydrogen-bond acceptors (Lipinski definition) is 4. The van der Waals surface area contributed by atoms with Crippen molar-refractivity contribution in [2.24, 2.45) is 5.92 Å². The van der Waals surface area contributed by atoms with E-state index in [9.17, 15) is 5.11 Å². The maximum atomic E-state index is 9.77. The summed E-state index contributed by atoms with van der Waals surface area (Å²) in [6, 6.07) is 0. The topological polar surface area (TPSA) is 59.2 Å². The Morgan fingerprint density at radius 3 is 2.95 bits per heavy atom. The first-order chi connectivity index (χ1) is 9.22. The first kappa shape index (κ1) is 14.5. The Morgan fingerprint density at radius 2 is 2.21 bits per heavy atom. The molecule has 1 aromatic rings. The molecule has 19 heavy (non-hydrogen) atoms. The molecule has 1 heterocycles. The monoisotopic (exact) mass is 266 g/mol. The Morgan fingerprint density at radius 1 is 1.37 bits per heavy atom. The smallest absolute Gasteiger partial charge is 0.229 e. The summed E-state index contributed by atoms with van der Waals surface area (Å²) in [4.78, 5) is 4.49. The van der Waals surface area contributed by atoms with Gasteiger partial charge in [0, 0.05) is 5.92 Å². The lowest BCUT2D eigenvalue weighted by Crippen LogP contribution is -2.15. The highest BCUT2D eigenvalue weighted by atomic mass is 16.5. The molecule has 0 radical (unpaired) electrons. The van der Waals surface area contributed by atoms with Crippen LogP contribution in [0, 0.1) is 5.92 Å². The molecular weight excluding hydrogens is 240 g/mol. The van der Waals surface area contributed by atoms with Crippen LogP contribution in [-0.4, -0.2) is 21.4 Å². The molecule has 2 rings (SSSR count). The third-order valence-electron chi connectivity index (χ3n) is 4.24. The van der Waals surface area contributed by atoms with Gasteiger partial charge in [0.05, 0.1) is 12.5 Å². The summed E-state index contributed by atoms with van der Waals surface area (Å²) in [5, 5.41) is 13.9. The molecule has 0 bridgehead atoms. The van der Waals surface area contributed by atoms with Gasteiger partial charge < -0.3 is 9.63 Å². The van der Waals surface area contributed by atoms with Gasteiger partial charge in [-0.05, 0) is 25.2 Å². The van der Waals surface area contributed by atoms with E-state index in [1.807, 2.05) is 0 Å². The first-order valence-corrected chi connectivity index (χ1v) is 7.73. The largest absolute Gasteiger partial charge is 0.393 e. The summed E-state index contributed by atoms with van der Waals surface area (Å²) < 4.78 is 5.28. The lowest BCUT2D eigenvalue weighted by Gasteiger charge is -2.26. The summed E-state index contributed by atoms with van der Waals surface area (Å²) >= 11 is 0. The van der Waals surface area contributed by atoms with Crippen molar-refractivity contribution in [1.82, 2.24) is 10.1 Å². The van der Waals surface area contributed by atoms with Crippen molar-refractivity contribution in [2.45, 2.75) is 77.2 Å². The molecule has 1 aliphatic rings. The zero-order chi connectivity index (χ0) is 13.7. The van der Waals surface area contributed by atoms with Gasteiger partial charge in [0.15, 0.2) is 5.82 Å². The standard InChI is InChI=1S/C15H26N2O2/c1-3-6-13(18)10-14-16-15(17-19-14)12-8-5-7-11(4-2)9-12/h11-13,18H,3-10H2,1-2H3. The molecule has 3 atom stereocenters. The number of nitrogens with zero attached hydrogens (tertiary/aromatic N) is 2. The van der Waals surface area contributed by atoms with Crippen LogP contribution in [0.1, 0.15) is 76.4 Å². The number of aliphatic hydroxyl groups excluding tert-OH is 1. The van der Waals surface area contributed by atoms with Crippen LogP contribution >= 0.6 is 0 Å². The molecule has 0 spiro atoms. The van der Waals surface area contributed by atoms with Crippen LogP contribution in [0.3, 0.4) is 0 Å². The molecule has 1 N–H and O–H groups in total. The third kappa shape index (κ3) is 4.03. The Bertz CT molecular complexity index is 378. The van der Waals surface area contributed by atoms with Crippen molar-refractivity contribution in [3.05, 3.63) is 11.7 Å². The lowest BCUT2D eigenvalue weighted by molar-refractivity contribution is 0.151. The van der Waals surface area contributed by atoms with E-state index in [1.165, 1.54) is 32.1 Å². The van der Waals surface area contributed by atoms with Gasteiger partial charge >= 0.3 is 0 Å². The Hall–Kier alpha value is -0.900. The molecule has 108 valence electrons. The second-order valence-corrected chi connectivity index (χ2v) is 5.83. The molecular formula is C15H26N2O2. The van der Waals surface area contributed by atoms with E-state index >= 15 is 0 Å². The third-order valence-corrected chi connectivity index (χ3v) is 4.24. The predicted molar refractivity (Wildman–Crippen MR) is 73.9 cm³/mol. The van der Waals surface area contributed by atoms with Gasteiger partial charge in [-0.25, -0.2) is 0 Å². The van der Waals surface area contributed by atoms with Crippen molar-refractivity contribution >= 4 is 0 Å². The van der Waals surface area contributed by atoms with E-state index < -0.39 is 0 Å². The van der Waals surface area contributed by atoms with Gasteiger partial charge in [0.2, 0.25) is 5.89 Å². The van der Waals surface area contributed by atoms with E-state index in [-0.39, 0.29) is 6.10 Å². The molecule has 0 aromatic carbocycles. The summed E-state index contributed by atoms with van der Waals surface area (Å²) in [6.45, 7) is 4.32. The highest BCUT2D eigenvalue weighted by molar-refractivity contribution is 4.98. The normalized spacial score (nSPS) is 25.4. The number of aliphatic hydroxyl groups is 1. The quantitative estimate of drug-likeness (QED) is 0.856. The molecule has 0 amide bonds. The van der Waals surface area contributed by atoms with E-state index in [0.717, 1.165) is 24.6 Å². The van der Waals surface area contributed by atoms with Crippen LogP contribution in [-0.2, 0) is 6.42 Å². The molecule has 0 aliphatic heterocycles. The van der Waals surface area contributed by atoms with Crippen LogP contribution in [0.4, 0.5) is 0 Å². The zero-order valence-electron chi connectivity index (χ0n) is 12.1. The van der Waals surface area contributed by atoms with Gasteiger partial charge in [-0.2, -0.15) is 4.98 Å². The second-order valence-electron chi connectivity index (χ2n) is 5.83. The Balaban J connectivity index is 1.92. The van der Waals surface area contributed by atoms with Crippen molar-refractivity contribution in [3.8, 4) is 0 Å². The number of rotatable bonds is 6. The molecule has 0 saturated heterocycles. The molecule has 1 fully saturated rings. The van der Waals surface area contributed by atoms with Gasteiger partial charge in [0.1, 0.15) is 0 Å². The average Bonchev–Trinajstić information content (AvgIpc) is 2.87. The van der Waals surface area contributed by atoms with Crippen LogP contribution < -0.4 is 0 Å².